The van der Waals surface area contributed by atoms with Crippen molar-refractivity contribution in [3.8, 4) is 0 Å². The Morgan fingerprint density at radius 3 is 2.54 bits per heavy atom. The van der Waals surface area contributed by atoms with Gasteiger partial charge in [0.05, 0.1) is 6.61 Å². The Kier molecular flexibility index (Phi) is 7.39. The van der Waals surface area contributed by atoms with E-state index in [9.17, 15) is 4.79 Å². The molecule has 0 aromatic heterocycles. The SMILES string of the molecule is CCOC(=O)OC(CC)CCOC. The van der Waals surface area contributed by atoms with Crippen molar-refractivity contribution in [2.75, 3.05) is 20.3 Å². The lowest BCUT2D eigenvalue weighted by Gasteiger charge is -2.14. The first-order chi connectivity index (χ1) is 6.24. The van der Waals surface area contributed by atoms with Gasteiger partial charge in [0.25, 0.3) is 0 Å². The van der Waals surface area contributed by atoms with Gasteiger partial charge in [0.2, 0.25) is 0 Å². The molecular formula is C9H18O4. The van der Waals surface area contributed by atoms with Crippen molar-refractivity contribution in [1.82, 2.24) is 0 Å². The van der Waals surface area contributed by atoms with Gasteiger partial charge in [-0.1, -0.05) is 6.92 Å². The summed E-state index contributed by atoms with van der Waals surface area (Å²) in [5.74, 6) is 0. The van der Waals surface area contributed by atoms with Crippen LogP contribution in [-0.4, -0.2) is 32.6 Å². The molecule has 0 aromatic rings. The maximum absolute atomic E-state index is 10.9. The highest BCUT2D eigenvalue weighted by Crippen LogP contribution is 2.05. The summed E-state index contributed by atoms with van der Waals surface area (Å²) in [6.45, 7) is 4.65. The summed E-state index contributed by atoms with van der Waals surface area (Å²) in [6.07, 6.45) is 0.804. The molecule has 13 heavy (non-hydrogen) atoms. The van der Waals surface area contributed by atoms with Gasteiger partial charge < -0.3 is 14.2 Å². The minimum atomic E-state index is -0.592. The minimum Gasteiger partial charge on any atom is -0.435 e. The molecule has 0 rings (SSSR count). The van der Waals surface area contributed by atoms with Crippen molar-refractivity contribution < 1.29 is 19.0 Å². The van der Waals surface area contributed by atoms with Gasteiger partial charge in [-0.05, 0) is 13.3 Å². The molecule has 0 radical (unpaired) electrons. The summed E-state index contributed by atoms with van der Waals surface area (Å²) in [6, 6.07) is 0. The molecule has 0 saturated heterocycles. The molecular weight excluding hydrogens is 172 g/mol. The number of hydrogen-bond donors (Lipinski definition) is 0. The summed E-state index contributed by atoms with van der Waals surface area (Å²) in [5.41, 5.74) is 0. The molecule has 0 spiro atoms. The zero-order valence-corrected chi connectivity index (χ0v) is 8.54. The Morgan fingerprint density at radius 2 is 2.08 bits per heavy atom. The highest BCUT2D eigenvalue weighted by Gasteiger charge is 2.12. The fourth-order valence-corrected chi connectivity index (χ4v) is 0.884. The molecule has 0 bridgehead atoms. The first-order valence-electron chi connectivity index (χ1n) is 4.56. The largest absolute Gasteiger partial charge is 0.508 e. The molecule has 1 unspecified atom stereocenters. The normalized spacial score (nSPS) is 12.2. The number of methoxy groups -OCH3 is 1. The zero-order chi connectivity index (χ0) is 10.1. The third kappa shape index (κ3) is 6.40. The Bertz CT molecular complexity index is 136. The highest BCUT2D eigenvalue weighted by atomic mass is 16.7. The van der Waals surface area contributed by atoms with E-state index in [1.54, 1.807) is 14.0 Å². The predicted octanol–water partition coefficient (Wildman–Crippen LogP) is 1.97. The Morgan fingerprint density at radius 1 is 1.38 bits per heavy atom. The summed E-state index contributed by atoms with van der Waals surface area (Å²) in [4.78, 5) is 10.9. The molecule has 4 heteroatoms. The lowest BCUT2D eigenvalue weighted by molar-refractivity contribution is 0.0138. The number of ether oxygens (including phenoxy) is 3. The molecule has 0 fully saturated rings. The Labute approximate surface area is 79.2 Å². The van der Waals surface area contributed by atoms with Crippen molar-refractivity contribution in [2.45, 2.75) is 32.8 Å². The fraction of sp³-hybridized carbons (Fsp3) is 0.889. The van der Waals surface area contributed by atoms with E-state index in [-0.39, 0.29) is 6.10 Å². The van der Waals surface area contributed by atoms with Gasteiger partial charge in [-0.2, -0.15) is 0 Å². The van der Waals surface area contributed by atoms with Gasteiger partial charge >= 0.3 is 6.16 Å². The topological polar surface area (TPSA) is 44.8 Å². The van der Waals surface area contributed by atoms with Gasteiger partial charge in [-0.15, -0.1) is 0 Å². The average molecular weight is 190 g/mol. The molecule has 0 heterocycles. The standard InChI is InChI=1S/C9H18O4/c1-4-8(6-7-11-3)13-9(10)12-5-2/h8H,4-7H2,1-3H3. The molecule has 0 saturated carbocycles. The predicted molar refractivity (Wildman–Crippen MR) is 48.7 cm³/mol. The number of rotatable bonds is 6. The molecule has 0 N–H and O–H groups in total. The van der Waals surface area contributed by atoms with E-state index in [4.69, 9.17) is 9.47 Å². The quantitative estimate of drug-likeness (QED) is 0.601. The van der Waals surface area contributed by atoms with Crippen LogP contribution in [0.1, 0.15) is 26.7 Å². The maximum Gasteiger partial charge on any atom is 0.508 e. The molecule has 78 valence electrons. The van der Waals surface area contributed by atoms with Crippen LogP contribution in [0.4, 0.5) is 4.79 Å². The summed E-state index contributed by atoms with van der Waals surface area (Å²) in [7, 11) is 1.62. The van der Waals surface area contributed by atoms with Crippen molar-refractivity contribution in [3.05, 3.63) is 0 Å². The second kappa shape index (κ2) is 7.86. The highest BCUT2D eigenvalue weighted by molar-refractivity contribution is 5.60. The third-order valence-corrected chi connectivity index (χ3v) is 1.62. The fourth-order valence-electron chi connectivity index (χ4n) is 0.884. The second-order valence-electron chi connectivity index (χ2n) is 2.61. The Balaban J connectivity index is 3.62. The van der Waals surface area contributed by atoms with E-state index in [1.165, 1.54) is 0 Å². The van der Waals surface area contributed by atoms with Crippen LogP contribution in [0.5, 0.6) is 0 Å². The van der Waals surface area contributed by atoms with Crippen LogP contribution in [0, 0.1) is 0 Å². The van der Waals surface area contributed by atoms with Crippen LogP contribution in [-0.2, 0) is 14.2 Å². The van der Waals surface area contributed by atoms with E-state index in [0.717, 1.165) is 6.42 Å². The maximum atomic E-state index is 10.9. The first kappa shape index (κ1) is 12.2. The summed E-state index contributed by atoms with van der Waals surface area (Å²) < 4.78 is 14.5. The van der Waals surface area contributed by atoms with Crippen molar-refractivity contribution in [1.29, 1.82) is 0 Å². The second-order valence-corrected chi connectivity index (χ2v) is 2.61. The van der Waals surface area contributed by atoms with Gasteiger partial charge in [-0.3, -0.25) is 0 Å². The summed E-state index contributed by atoms with van der Waals surface area (Å²) in [5, 5.41) is 0. The number of hydrogen-bond acceptors (Lipinski definition) is 4. The monoisotopic (exact) mass is 190 g/mol. The average Bonchev–Trinajstić information content (AvgIpc) is 2.12. The van der Waals surface area contributed by atoms with Gasteiger partial charge in [0, 0.05) is 20.1 Å². The van der Waals surface area contributed by atoms with Crippen LogP contribution >= 0.6 is 0 Å². The Hall–Kier alpha value is -0.770. The van der Waals surface area contributed by atoms with Crippen molar-refractivity contribution in [3.63, 3.8) is 0 Å². The molecule has 4 nitrogen and oxygen atoms in total. The number of carbonyl (C=O) groups excluding carboxylic acids is 1. The van der Waals surface area contributed by atoms with Crippen molar-refractivity contribution in [2.24, 2.45) is 0 Å². The molecule has 0 aliphatic rings. The van der Waals surface area contributed by atoms with E-state index in [0.29, 0.717) is 19.6 Å². The lowest BCUT2D eigenvalue weighted by Crippen LogP contribution is -2.19. The van der Waals surface area contributed by atoms with E-state index in [2.05, 4.69) is 4.74 Å². The molecule has 0 aliphatic carbocycles. The van der Waals surface area contributed by atoms with Crippen LogP contribution in [0.2, 0.25) is 0 Å². The van der Waals surface area contributed by atoms with Crippen LogP contribution in [0.15, 0.2) is 0 Å². The molecule has 0 aromatic carbocycles. The molecule has 0 amide bonds. The lowest BCUT2D eigenvalue weighted by atomic mass is 10.2. The number of carbonyl (C=O) groups is 1. The van der Waals surface area contributed by atoms with Crippen LogP contribution in [0.25, 0.3) is 0 Å². The van der Waals surface area contributed by atoms with E-state index < -0.39 is 6.16 Å². The molecule has 1 atom stereocenters. The zero-order valence-electron chi connectivity index (χ0n) is 8.54. The van der Waals surface area contributed by atoms with E-state index in [1.807, 2.05) is 6.92 Å². The minimum absolute atomic E-state index is 0.0981. The van der Waals surface area contributed by atoms with Gasteiger partial charge in [0.1, 0.15) is 6.10 Å². The van der Waals surface area contributed by atoms with Crippen LogP contribution in [0.3, 0.4) is 0 Å². The third-order valence-electron chi connectivity index (χ3n) is 1.62. The van der Waals surface area contributed by atoms with Crippen LogP contribution < -0.4 is 0 Å². The molecule has 0 aliphatic heterocycles. The van der Waals surface area contributed by atoms with Crippen molar-refractivity contribution >= 4 is 6.16 Å². The first-order valence-corrected chi connectivity index (χ1v) is 4.56. The van der Waals surface area contributed by atoms with Gasteiger partial charge in [0.15, 0.2) is 0 Å². The van der Waals surface area contributed by atoms with E-state index >= 15 is 0 Å². The smallest absolute Gasteiger partial charge is 0.435 e. The van der Waals surface area contributed by atoms with Gasteiger partial charge in [-0.25, -0.2) is 4.79 Å². The summed E-state index contributed by atoms with van der Waals surface area (Å²) >= 11 is 0.